The smallest absolute Gasteiger partial charge is 0.237 e. The second-order valence-electron chi connectivity index (χ2n) is 5.34. The monoisotopic (exact) mass is 224 g/mol. The molecule has 0 aromatic rings. The Morgan fingerprint density at radius 3 is 2.50 bits per heavy atom. The minimum Gasteiger partial charge on any atom is -0.352 e. The van der Waals surface area contributed by atoms with E-state index in [9.17, 15) is 4.79 Å². The van der Waals surface area contributed by atoms with E-state index in [0.29, 0.717) is 12.0 Å². The molecular formula is C13H24N2O. The minimum absolute atomic E-state index is 0.0672. The number of amides is 1. The molecule has 92 valence electrons. The zero-order valence-corrected chi connectivity index (χ0v) is 10.3. The molecule has 0 aromatic carbocycles. The van der Waals surface area contributed by atoms with Gasteiger partial charge in [0.2, 0.25) is 5.91 Å². The van der Waals surface area contributed by atoms with Gasteiger partial charge >= 0.3 is 0 Å². The first kappa shape index (κ1) is 11.9. The Kier molecular flexibility index (Phi) is 4.22. The Hall–Kier alpha value is -0.570. The lowest BCUT2D eigenvalue weighted by Gasteiger charge is -2.26. The summed E-state index contributed by atoms with van der Waals surface area (Å²) in [5.41, 5.74) is 0. The lowest BCUT2D eigenvalue weighted by Crippen LogP contribution is -2.50. The number of rotatable bonds is 3. The third kappa shape index (κ3) is 2.97. The van der Waals surface area contributed by atoms with Crippen LogP contribution >= 0.6 is 0 Å². The molecule has 1 saturated heterocycles. The fourth-order valence-electron chi connectivity index (χ4n) is 2.98. The van der Waals surface area contributed by atoms with Crippen LogP contribution < -0.4 is 10.6 Å². The Morgan fingerprint density at radius 1 is 1.19 bits per heavy atom. The van der Waals surface area contributed by atoms with Crippen LogP contribution in [0, 0.1) is 5.92 Å². The molecule has 2 N–H and O–H groups in total. The van der Waals surface area contributed by atoms with Crippen LogP contribution in [0.5, 0.6) is 0 Å². The molecule has 2 fully saturated rings. The predicted octanol–water partition coefficient (Wildman–Crippen LogP) is 1.82. The normalized spacial score (nSPS) is 28.9. The standard InChI is InChI=1S/C13H24N2O/c1-10(11-6-2-3-7-11)15-13(16)12-8-4-5-9-14-12/h10-12,14H,2-9H2,1H3,(H,15,16)/t10-,12+/m1/s1. The number of carbonyl (C=O) groups is 1. The van der Waals surface area contributed by atoms with Crippen molar-refractivity contribution in [2.75, 3.05) is 6.54 Å². The van der Waals surface area contributed by atoms with E-state index in [1.165, 1.54) is 38.5 Å². The van der Waals surface area contributed by atoms with E-state index in [1.807, 2.05) is 0 Å². The molecule has 2 atom stereocenters. The summed E-state index contributed by atoms with van der Waals surface area (Å²) in [4.78, 5) is 12.0. The molecule has 1 heterocycles. The third-order valence-electron chi connectivity index (χ3n) is 4.10. The largest absolute Gasteiger partial charge is 0.352 e. The molecule has 3 heteroatoms. The topological polar surface area (TPSA) is 41.1 Å². The van der Waals surface area contributed by atoms with E-state index in [0.717, 1.165) is 13.0 Å². The van der Waals surface area contributed by atoms with Crippen molar-refractivity contribution in [3.8, 4) is 0 Å². The molecule has 1 aliphatic heterocycles. The average molecular weight is 224 g/mol. The van der Waals surface area contributed by atoms with Crippen molar-refractivity contribution in [2.45, 2.75) is 64.0 Å². The van der Waals surface area contributed by atoms with Crippen LogP contribution in [0.2, 0.25) is 0 Å². The van der Waals surface area contributed by atoms with Crippen LogP contribution in [0.1, 0.15) is 51.9 Å². The SMILES string of the molecule is C[C@@H](NC(=O)[C@@H]1CCCCN1)C1CCCC1. The van der Waals surface area contributed by atoms with Gasteiger partial charge in [-0.25, -0.2) is 0 Å². The molecule has 2 aliphatic rings. The second-order valence-corrected chi connectivity index (χ2v) is 5.34. The van der Waals surface area contributed by atoms with Gasteiger partial charge in [0, 0.05) is 6.04 Å². The van der Waals surface area contributed by atoms with E-state index in [2.05, 4.69) is 17.6 Å². The van der Waals surface area contributed by atoms with Crippen LogP contribution in [0.3, 0.4) is 0 Å². The molecule has 3 nitrogen and oxygen atoms in total. The number of hydrogen-bond donors (Lipinski definition) is 2. The molecule has 0 spiro atoms. The van der Waals surface area contributed by atoms with Gasteiger partial charge in [-0.1, -0.05) is 19.3 Å². The zero-order valence-electron chi connectivity index (χ0n) is 10.3. The fraction of sp³-hybridized carbons (Fsp3) is 0.923. The van der Waals surface area contributed by atoms with Crippen LogP contribution in [0.15, 0.2) is 0 Å². The van der Waals surface area contributed by atoms with E-state index >= 15 is 0 Å². The number of piperidine rings is 1. The lowest BCUT2D eigenvalue weighted by atomic mass is 9.98. The van der Waals surface area contributed by atoms with E-state index in [4.69, 9.17) is 0 Å². The van der Waals surface area contributed by atoms with E-state index in [1.54, 1.807) is 0 Å². The van der Waals surface area contributed by atoms with Crippen molar-refractivity contribution < 1.29 is 4.79 Å². The number of nitrogens with one attached hydrogen (secondary N) is 2. The first-order chi connectivity index (χ1) is 7.77. The predicted molar refractivity (Wildman–Crippen MR) is 65.2 cm³/mol. The van der Waals surface area contributed by atoms with Crippen molar-refractivity contribution in [1.29, 1.82) is 0 Å². The van der Waals surface area contributed by atoms with Gasteiger partial charge < -0.3 is 10.6 Å². The van der Waals surface area contributed by atoms with Gasteiger partial charge in [-0.2, -0.15) is 0 Å². The molecule has 2 rings (SSSR count). The van der Waals surface area contributed by atoms with Gasteiger partial charge in [-0.15, -0.1) is 0 Å². The minimum atomic E-state index is 0.0672. The Morgan fingerprint density at radius 2 is 1.88 bits per heavy atom. The molecule has 0 aromatic heterocycles. The van der Waals surface area contributed by atoms with Crippen LogP contribution in [0.25, 0.3) is 0 Å². The van der Waals surface area contributed by atoms with Crippen LogP contribution in [0.4, 0.5) is 0 Å². The summed E-state index contributed by atoms with van der Waals surface area (Å²) in [5, 5.41) is 6.49. The second kappa shape index (κ2) is 5.67. The third-order valence-corrected chi connectivity index (χ3v) is 4.10. The quantitative estimate of drug-likeness (QED) is 0.768. The molecule has 0 unspecified atom stereocenters. The van der Waals surface area contributed by atoms with Gasteiger partial charge in [0.25, 0.3) is 0 Å². The highest BCUT2D eigenvalue weighted by atomic mass is 16.2. The summed E-state index contributed by atoms with van der Waals surface area (Å²) < 4.78 is 0. The molecule has 0 radical (unpaired) electrons. The van der Waals surface area contributed by atoms with Crippen LogP contribution in [-0.2, 0) is 4.79 Å². The van der Waals surface area contributed by atoms with Gasteiger partial charge in [-0.3, -0.25) is 4.79 Å². The van der Waals surface area contributed by atoms with Crippen LogP contribution in [-0.4, -0.2) is 24.5 Å². The van der Waals surface area contributed by atoms with Crippen molar-refractivity contribution in [2.24, 2.45) is 5.92 Å². The lowest BCUT2D eigenvalue weighted by molar-refractivity contribution is -0.124. The maximum absolute atomic E-state index is 12.0. The van der Waals surface area contributed by atoms with Crippen molar-refractivity contribution in [3.63, 3.8) is 0 Å². The molecular weight excluding hydrogens is 200 g/mol. The van der Waals surface area contributed by atoms with E-state index in [-0.39, 0.29) is 11.9 Å². The Balaban J connectivity index is 1.76. The molecule has 1 saturated carbocycles. The highest BCUT2D eigenvalue weighted by Gasteiger charge is 2.26. The summed E-state index contributed by atoms with van der Waals surface area (Å²) >= 11 is 0. The van der Waals surface area contributed by atoms with Crippen molar-refractivity contribution >= 4 is 5.91 Å². The zero-order chi connectivity index (χ0) is 11.4. The Bertz CT molecular complexity index is 230. The molecule has 0 bridgehead atoms. The molecule has 16 heavy (non-hydrogen) atoms. The molecule has 1 aliphatic carbocycles. The highest BCUT2D eigenvalue weighted by Crippen LogP contribution is 2.27. The summed E-state index contributed by atoms with van der Waals surface area (Å²) in [5.74, 6) is 0.937. The summed E-state index contributed by atoms with van der Waals surface area (Å²) in [6.07, 6.45) is 8.66. The maximum Gasteiger partial charge on any atom is 0.237 e. The van der Waals surface area contributed by atoms with Gasteiger partial charge in [0.1, 0.15) is 0 Å². The van der Waals surface area contributed by atoms with Gasteiger partial charge in [-0.05, 0) is 45.1 Å². The number of carbonyl (C=O) groups excluding carboxylic acids is 1. The average Bonchev–Trinajstić information content (AvgIpc) is 2.83. The van der Waals surface area contributed by atoms with Crippen molar-refractivity contribution in [1.82, 2.24) is 10.6 Å². The Labute approximate surface area is 98.4 Å². The maximum atomic E-state index is 12.0. The fourth-order valence-corrected chi connectivity index (χ4v) is 2.98. The molecule has 1 amide bonds. The highest BCUT2D eigenvalue weighted by molar-refractivity contribution is 5.82. The summed E-state index contributed by atoms with van der Waals surface area (Å²) in [6, 6.07) is 0.427. The van der Waals surface area contributed by atoms with Gasteiger partial charge in [0.15, 0.2) is 0 Å². The summed E-state index contributed by atoms with van der Waals surface area (Å²) in [6.45, 7) is 3.16. The van der Waals surface area contributed by atoms with Gasteiger partial charge in [0.05, 0.1) is 6.04 Å². The first-order valence-electron chi connectivity index (χ1n) is 6.81. The number of hydrogen-bond acceptors (Lipinski definition) is 2. The van der Waals surface area contributed by atoms with Crippen molar-refractivity contribution in [3.05, 3.63) is 0 Å². The van der Waals surface area contributed by atoms with E-state index < -0.39 is 0 Å². The summed E-state index contributed by atoms with van der Waals surface area (Å²) in [7, 11) is 0. The first-order valence-corrected chi connectivity index (χ1v) is 6.81.